The summed E-state index contributed by atoms with van der Waals surface area (Å²) in [5.74, 6) is 7.06. The van der Waals surface area contributed by atoms with Crippen LogP contribution in [0.5, 0.6) is 0 Å². The van der Waals surface area contributed by atoms with Gasteiger partial charge >= 0.3 is 0 Å². The topological polar surface area (TPSA) is 20.2 Å². The minimum atomic E-state index is 0.135. The molecule has 0 aliphatic heterocycles. The van der Waals surface area contributed by atoms with Gasteiger partial charge in [0, 0.05) is 23.0 Å². The number of hydrogen-bond acceptors (Lipinski definition) is 2. The number of benzene rings is 1. The van der Waals surface area contributed by atoms with Crippen LogP contribution in [0.15, 0.2) is 24.3 Å². The van der Waals surface area contributed by atoms with Gasteiger partial charge in [0.15, 0.2) is 0 Å². The molecule has 1 unspecified atom stereocenters. The Bertz CT molecular complexity index is 389. The molecule has 0 aliphatic rings. The van der Waals surface area contributed by atoms with Crippen molar-refractivity contribution >= 4 is 11.8 Å². The molecule has 0 fully saturated rings. The zero-order valence-electron chi connectivity index (χ0n) is 10.6. The molecule has 1 aromatic rings. The van der Waals surface area contributed by atoms with Crippen molar-refractivity contribution in [3.63, 3.8) is 0 Å². The maximum Gasteiger partial charge on any atom is 0.0540 e. The maximum atomic E-state index is 8.67. The molecule has 1 aromatic carbocycles. The fourth-order valence-corrected chi connectivity index (χ4v) is 2.21. The van der Waals surface area contributed by atoms with E-state index in [1.165, 1.54) is 12.0 Å². The molecule has 0 aromatic heterocycles. The van der Waals surface area contributed by atoms with Crippen molar-refractivity contribution < 1.29 is 5.11 Å². The molecule has 2 heteroatoms. The third-order valence-electron chi connectivity index (χ3n) is 2.51. The minimum Gasteiger partial charge on any atom is -0.395 e. The van der Waals surface area contributed by atoms with Crippen molar-refractivity contribution in [2.24, 2.45) is 0 Å². The van der Waals surface area contributed by atoms with Crippen molar-refractivity contribution in [1.29, 1.82) is 0 Å². The predicted molar refractivity (Wildman–Crippen MR) is 76.1 cm³/mol. The van der Waals surface area contributed by atoms with Crippen LogP contribution in [0, 0.1) is 11.8 Å². The Morgan fingerprint density at radius 1 is 1.41 bits per heavy atom. The monoisotopic (exact) mass is 248 g/mol. The first-order chi connectivity index (χ1) is 8.26. The van der Waals surface area contributed by atoms with Crippen LogP contribution in [0.3, 0.4) is 0 Å². The standard InChI is InChI=1S/C15H20OS/c1-3-13(2)17-12-15-9-6-8-14(11-15)7-4-5-10-16/h6,8-9,11,13,16H,3,5,10,12H2,1-2H3. The van der Waals surface area contributed by atoms with Crippen LogP contribution >= 0.6 is 11.8 Å². The van der Waals surface area contributed by atoms with Crippen LogP contribution in [-0.2, 0) is 5.75 Å². The molecule has 0 bridgehead atoms. The highest BCUT2D eigenvalue weighted by atomic mass is 32.2. The zero-order valence-corrected chi connectivity index (χ0v) is 11.4. The first kappa shape index (κ1) is 14.2. The summed E-state index contributed by atoms with van der Waals surface area (Å²) in [5.41, 5.74) is 2.37. The average molecular weight is 248 g/mol. The molecule has 17 heavy (non-hydrogen) atoms. The number of rotatable bonds is 5. The van der Waals surface area contributed by atoms with Crippen LogP contribution in [0.2, 0.25) is 0 Å². The van der Waals surface area contributed by atoms with Gasteiger partial charge in [0.2, 0.25) is 0 Å². The highest BCUT2D eigenvalue weighted by Gasteiger charge is 2.00. The molecular formula is C15H20OS. The van der Waals surface area contributed by atoms with Gasteiger partial charge in [0.1, 0.15) is 0 Å². The van der Waals surface area contributed by atoms with Gasteiger partial charge in [-0.25, -0.2) is 0 Å². The summed E-state index contributed by atoms with van der Waals surface area (Å²) in [4.78, 5) is 0. The third kappa shape index (κ3) is 5.81. The van der Waals surface area contributed by atoms with Gasteiger partial charge in [0.25, 0.3) is 0 Å². The van der Waals surface area contributed by atoms with E-state index in [1.807, 2.05) is 17.8 Å². The first-order valence-electron chi connectivity index (χ1n) is 6.06. The molecule has 0 radical (unpaired) electrons. The Labute approximate surface area is 109 Å². The molecule has 0 heterocycles. The number of thioether (sulfide) groups is 1. The van der Waals surface area contributed by atoms with E-state index in [0.29, 0.717) is 11.7 Å². The van der Waals surface area contributed by atoms with Gasteiger partial charge in [-0.2, -0.15) is 11.8 Å². The second-order valence-corrected chi connectivity index (χ2v) is 5.43. The first-order valence-corrected chi connectivity index (χ1v) is 7.11. The summed E-state index contributed by atoms with van der Waals surface area (Å²) in [5, 5.41) is 9.37. The van der Waals surface area contributed by atoms with Crippen LogP contribution in [0.25, 0.3) is 0 Å². The Balaban J connectivity index is 2.57. The maximum absolute atomic E-state index is 8.67. The van der Waals surface area contributed by atoms with E-state index < -0.39 is 0 Å². The van der Waals surface area contributed by atoms with Gasteiger partial charge < -0.3 is 5.11 Å². The van der Waals surface area contributed by atoms with Crippen LogP contribution < -0.4 is 0 Å². The fraction of sp³-hybridized carbons (Fsp3) is 0.467. The van der Waals surface area contributed by atoms with E-state index in [9.17, 15) is 0 Å². The summed E-state index contributed by atoms with van der Waals surface area (Å²) in [6.07, 6.45) is 1.76. The molecule has 92 valence electrons. The van der Waals surface area contributed by atoms with Gasteiger partial charge in [0.05, 0.1) is 6.61 Å². The van der Waals surface area contributed by atoms with E-state index in [0.717, 1.165) is 11.3 Å². The van der Waals surface area contributed by atoms with Crippen molar-refractivity contribution in [3.8, 4) is 11.8 Å². The number of aliphatic hydroxyl groups excluding tert-OH is 1. The summed E-state index contributed by atoms with van der Waals surface area (Å²) < 4.78 is 0. The molecule has 0 saturated carbocycles. The third-order valence-corrected chi connectivity index (χ3v) is 3.91. The summed E-state index contributed by atoms with van der Waals surface area (Å²) in [7, 11) is 0. The molecule has 1 nitrogen and oxygen atoms in total. The van der Waals surface area contributed by atoms with Crippen molar-refractivity contribution in [2.75, 3.05) is 6.61 Å². The van der Waals surface area contributed by atoms with Gasteiger partial charge in [-0.3, -0.25) is 0 Å². The van der Waals surface area contributed by atoms with Crippen molar-refractivity contribution in [2.45, 2.75) is 37.7 Å². The van der Waals surface area contributed by atoms with Crippen molar-refractivity contribution in [3.05, 3.63) is 35.4 Å². The van der Waals surface area contributed by atoms with Gasteiger partial charge in [-0.05, 0) is 24.1 Å². The summed E-state index contributed by atoms with van der Waals surface area (Å²) in [6, 6.07) is 8.35. The Morgan fingerprint density at radius 2 is 2.24 bits per heavy atom. The predicted octanol–water partition coefficient (Wildman–Crippen LogP) is 3.45. The minimum absolute atomic E-state index is 0.135. The Kier molecular flexibility index (Phi) is 6.84. The van der Waals surface area contributed by atoms with Crippen LogP contribution in [0.4, 0.5) is 0 Å². The molecule has 0 aliphatic carbocycles. The Morgan fingerprint density at radius 3 is 2.94 bits per heavy atom. The van der Waals surface area contributed by atoms with E-state index in [1.54, 1.807) is 0 Å². The molecule has 0 saturated heterocycles. The lowest BCUT2D eigenvalue weighted by atomic mass is 10.1. The lowest BCUT2D eigenvalue weighted by Gasteiger charge is -2.07. The molecule has 1 rings (SSSR count). The highest BCUT2D eigenvalue weighted by molar-refractivity contribution is 7.99. The fourth-order valence-electron chi connectivity index (χ4n) is 1.32. The van der Waals surface area contributed by atoms with Gasteiger partial charge in [-0.1, -0.05) is 37.8 Å². The quantitative estimate of drug-likeness (QED) is 0.805. The van der Waals surface area contributed by atoms with Crippen molar-refractivity contribution in [1.82, 2.24) is 0 Å². The van der Waals surface area contributed by atoms with E-state index in [2.05, 4.69) is 43.9 Å². The zero-order chi connectivity index (χ0) is 12.5. The molecule has 1 N–H and O–H groups in total. The van der Waals surface area contributed by atoms with E-state index in [4.69, 9.17) is 5.11 Å². The Hall–Kier alpha value is -0.910. The normalized spacial score (nSPS) is 11.7. The van der Waals surface area contributed by atoms with E-state index in [-0.39, 0.29) is 6.61 Å². The van der Waals surface area contributed by atoms with E-state index >= 15 is 0 Å². The van der Waals surface area contributed by atoms with Crippen LogP contribution in [0.1, 0.15) is 37.8 Å². The number of hydrogen-bond donors (Lipinski definition) is 1. The number of aliphatic hydroxyl groups is 1. The lowest BCUT2D eigenvalue weighted by molar-refractivity contribution is 0.305. The summed E-state index contributed by atoms with van der Waals surface area (Å²) >= 11 is 1.98. The summed E-state index contributed by atoms with van der Waals surface area (Å²) in [6.45, 7) is 4.61. The molecule has 0 spiro atoms. The average Bonchev–Trinajstić information content (AvgIpc) is 2.37. The lowest BCUT2D eigenvalue weighted by Crippen LogP contribution is -1.93. The van der Waals surface area contributed by atoms with Gasteiger partial charge in [-0.15, -0.1) is 0 Å². The molecule has 0 amide bonds. The molecule has 1 atom stereocenters. The van der Waals surface area contributed by atoms with Crippen LogP contribution in [-0.4, -0.2) is 17.0 Å². The smallest absolute Gasteiger partial charge is 0.0540 e. The highest BCUT2D eigenvalue weighted by Crippen LogP contribution is 2.20. The largest absolute Gasteiger partial charge is 0.395 e. The second-order valence-electron chi connectivity index (χ2n) is 4.01. The second kappa shape index (κ2) is 8.22. The molecular weight excluding hydrogens is 228 g/mol. The SMILES string of the molecule is CCC(C)SCc1cccc(C#CCCO)c1.